The van der Waals surface area contributed by atoms with E-state index in [2.05, 4.69) is 19.2 Å². The van der Waals surface area contributed by atoms with Crippen molar-refractivity contribution >= 4 is 11.4 Å². The first-order valence-electron chi connectivity index (χ1n) is 5.72. The minimum atomic E-state index is -0.212. The normalized spacial score (nSPS) is 27.2. The average molecular weight is 220 g/mol. The highest BCUT2D eigenvalue weighted by Crippen LogP contribution is 2.42. The largest absolute Gasteiger partial charge is 0.397 e. The molecule has 1 aromatic rings. The lowest BCUT2D eigenvalue weighted by atomic mass is 9.64. The summed E-state index contributed by atoms with van der Waals surface area (Å²) in [5, 5.41) is 13.1. The van der Waals surface area contributed by atoms with Gasteiger partial charge in [-0.25, -0.2) is 0 Å². The van der Waals surface area contributed by atoms with Gasteiger partial charge in [0.05, 0.1) is 17.5 Å². The fourth-order valence-electron chi connectivity index (χ4n) is 2.14. The fraction of sp³-hybridized carbons (Fsp3) is 0.538. The Labute approximate surface area is 96.7 Å². The first kappa shape index (κ1) is 11.3. The number of nitrogens with one attached hydrogen (secondary N) is 1. The van der Waals surface area contributed by atoms with Crippen molar-refractivity contribution in [2.75, 3.05) is 11.1 Å². The topological polar surface area (TPSA) is 58.3 Å². The van der Waals surface area contributed by atoms with Crippen LogP contribution in [0.4, 0.5) is 11.4 Å². The van der Waals surface area contributed by atoms with Crippen LogP contribution in [0.3, 0.4) is 0 Å². The predicted octanol–water partition coefficient (Wildman–Crippen LogP) is 2.15. The third-order valence-electron chi connectivity index (χ3n) is 3.87. The number of hydrogen-bond acceptors (Lipinski definition) is 3. The zero-order valence-corrected chi connectivity index (χ0v) is 10.1. The number of para-hydroxylation sites is 1. The summed E-state index contributed by atoms with van der Waals surface area (Å²) in [7, 11) is 0. The van der Waals surface area contributed by atoms with Crippen molar-refractivity contribution in [3.8, 4) is 0 Å². The summed E-state index contributed by atoms with van der Waals surface area (Å²) in [5.74, 6) is 0. The van der Waals surface area contributed by atoms with E-state index in [0.29, 0.717) is 6.04 Å². The van der Waals surface area contributed by atoms with E-state index in [-0.39, 0.29) is 11.5 Å². The molecule has 0 aliphatic heterocycles. The molecule has 1 aliphatic carbocycles. The summed E-state index contributed by atoms with van der Waals surface area (Å²) in [6.45, 7) is 6.15. The third-order valence-corrected chi connectivity index (χ3v) is 3.87. The molecule has 0 spiro atoms. The van der Waals surface area contributed by atoms with Gasteiger partial charge in [-0.3, -0.25) is 0 Å². The van der Waals surface area contributed by atoms with Crippen molar-refractivity contribution in [1.82, 2.24) is 0 Å². The van der Waals surface area contributed by atoms with Crippen LogP contribution in [0.1, 0.15) is 25.8 Å². The second-order valence-corrected chi connectivity index (χ2v) is 5.31. The maximum absolute atomic E-state index is 9.68. The van der Waals surface area contributed by atoms with Gasteiger partial charge < -0.3 is 16.2 Å². The first-order chi connectivity index (χ1) is 7.43. The van der Waals surface area contributed by atoms with E-state index in [1.165, 1.54) is 0 Å². The molecule has 3 nitrogen and oxygen atoms in total. The van der Waals surface area contributed by atoms with E-state index in [4.69, 9.17) is 5.73 Å². The number of nitrogen functional groups attached to an aromatic ring is 1. The van der Waals surface area contributed by atoms with E-state index in [9.17, 15) is 5.11 Å². The lowest BCUT2D eigenvalue weighted by Gasteiger charge is -2.50. The molecule has 1 fully saturated rings. The Bertz CT molecular complexity index is 401. The predicted molar refractivity (Wildman–Crippen MR) is 67.4 cm³/mol. The van der Waals surface area contributed by atoms with Crippen LogP contribution >= 0.6 is 0 Å². The highest BCUT2D eigenvalue weighted by Gasteiger charge is 2.47. The number of aliphatic hydroxyl groups is 1. The number of hydrogen-bond donors (Lipinski definition) is 3. The number of nitrogens with two attached hydrogens (primary N) is 1. The van der Waals surface area contributed by atoms with Crippen molar-refractivity contribution in [1.29, 1.82) is 0 Å². The van der Waals surface area contributed by atoms with Crippen LogP contribution in [0.5, 0.6) is 0 Å². The van der Waals surface area contributed by atoms with Crippen LogP contribution in [0.2, 0.25) is 0 Å². The molecular weight excluding hydrogens is 200 g/mol. The minimum Gasteiger partial charge on any atom is -0.397 e. The molecule has 2 unspecified atom stereocenters. The van der Waals surface area contributed by atoms with Gasteiger partial charge in [0.2, 0.25) is 0 Å². The van der Waals surface area contributed by atoms with Crippen molar-refractivity contribution in [3.05, 3.63) is 23.8 Å². The Morgan fingerprint density at radius 1 is 1.44 bits per heavy atom. The first-order valence-corrected chi connectivity index (χ1v) is 5.72. The van der Waals surface area contributed by atoms with Crippen molar-refractivity contribution in [2.45, 2.75) is 39.3 Å². The summed E-state index contributed by atoms with van der Waals surface area (Å²) in [6, 6.07) is 6.28. The Morgan fingerprint density at radius 2 is 2.12 bits per heavy atom. The summed E-state index contributed by atoms with van der Waals surface area (Å²) in [6.07, 6.45) is 0.580. The molecule has 0 amide bonds. The van der Waals surface area contributed by atoms with Gasteiger partial charge in [0, 0.05) is 11.5 Å². The lowest BCUT2D eigenvalue weighted by Crippen LogP contribution is -2.56. The third kappa shape index (κ3) is 1.65. The van der Waals surface area contributed by atoms with Crippen molar-refractivity contribution < 1.29 is 5.11 Å². The van der Waals surface area contributed by atoms with Crippen LogP contribution in [0.25, 0.3) is 0 Å². The summed E-state index contributed by atoms with van der Waals surface area (Å²) in [4.78, 5) is 0. The standard InChI is InChI=1S/C13H20N2O/c1-8-5-4-6-9(12(8)14)15-10-7-11(16)13(10,2)3/h4-6,10-11,15-16H,7,14H2,1-3H3. The molecule has 88 valence electrons. The molecule has 4 N–H and O–H groups in total. The van der Waals surface area contributed by atoms with Crippen LogP contribution in [-0.2, 0) is 0 Å². The Morgan fingerprint density at radius 3 is 2.69 bits per heavy atom. The molecule has 1 aromatic carbocycles. The smallest absolute Gasteiger partial charge is 0.0630 e. The van der Waals surface area contributed by atoms with Gasteiger partial charge in [-0.1, -0.05) is 26.0 Å². The second kappa shape index (κ2) is 3.67. The summed E-state index contributed by atoms with van der Waals surface area (Å²) >= 11 is 0. The summed E-state index contributed by atoms with van der Waals surface area (Å²) in [5.41, 5.74) is 8.80. The van der Waals surface area contributed by atoms with E-state index >= 15 is 0 Å². The molecule has 1 saturated carbocycles. The zero-order valence-electron chi connectivity index (χ0n) is 10.1. The highest BCUT2D eigenvalue weighted by atomic mass is 16.3. The molecular formula is C13H20N2O. The van der Waals surface area contributed by atoms with Gasteiger partial charge in [-0.15, -0.1) is 0 Å². The monoisotopic (exact) mass is 220 g/mol. The number of rotatable bonds is 2. The number of aliphatic hydroxyl groups excluding tert-OH is 1. The fourth-order valence-corrected chi connectivity index (χ4v) is 2.14. The van der Waals surface area contributed by atoms with Gasteiger partial charge in [-0.05, 0) is 25.0 Å². The van der Waals surface area contributed by atoms with Gasteiger partial charge in [0.1, 0.15) is 0 Å². The van der Waals surface area contributed by atoms with Gasteiger partial charge in [0.25, 0.3) is 0 Å². The van der Waals surface area contributed by atoms with Crippen LogP contribution in [-0.4, -0.2) is 17.3 Å². The van der Waals surface area contributed by atoms with E-state index < -0.39 is 0 Å². The molecule has 2 atom stereocenters. The molecule has 0 radical (unpaired) electrons. The van der Waals surface area contributed by atoms with Crippen LogP contribution < -0.4 is 11.1 Å². The van der Waals surface area contributed by atoms with Gasteiger partial charge in [0.15, 0.2) is 0 Å². The molecule has 0 aromatic heterocycles. The molecule has 0 bridgehead atoms. The average Bonchev–Trinajstić information content (AvgIpc) is 2.24. The molecule has 16 heavy (non-hydrogen) atoms. The number of aryl methyl sites for hydroxylation is 1. The Kier molecular flexibility index (Phi) is 2.58. The second-order valence-electron chi connectivity index (χ2n) is 5.31. The lowest BCUT2D eigenvalue weighted by molar-refractivity contribution is -0.0510. The quantitative estimate of drug-likeness (QED) is 0.669. The van der Waals surface area contributed by atoms with E-state index in [0.717, 1.165) is 23.4 Å². The van der Waals surface area contributed by atoms with Gasteiger partial charge >= 0.3 is 0 Å². The van der Waals surface area contributed by atoms with Crippen molar-refractivity contribution in [2.24, 2.45) is 5.41 Å². The SMILES string of the molecule is Cc1cccc(NC2CC(O)C2(C)C)c1N. The summed E-state index contributed by atoms with van der Waals surface area (Å²) < 4.78 is 0. The molecule has 1 aliphatic rings. The van der Waals surface area contributed by atoms with Crippen molar-refractivity contribution in [3.63, 3.8) is 0 Å². The molecule has 2 rings (SSSR count). The van der Waals surface area contributed by atoms with Gasteiger partial charge in [-0.2, -0.15) is 0 Å². The number of anilines is 2. The van der Waals surface area contributed by atoms with Crippen LogP contribution in [0.15, 0.2) is 18.2 Å². The van der Waals surface area contributed by atoms with E-state index in [1.807, 2.05) is 25.1 Å². The maximum atomic E-state index is 9.68. The number of benzene rings is 1. The molecule has 0 heterocycles. The Hall–Kier alpha value is -1.22. The van der Waals surface area contributed by atoms with E-state index in [1.54, 1.807) is 0 Å². The Balaban J connectivity index is 2.14. The molecule has 3 heteroatoms. The zero-order chi connectivity index (χ0) is 11.9. The highest BCUT2D eigenvalue weighted by molar-refractivity contribution is 5.70. The minimum absolute atomic E-state index is 0.0732. The van der Waals surface area contributed by atoms with Crippen LogP contribution in [0, 0.1) is 12.3 Å². The molecule has 0 saturated heterocycles. The maximum Gasteiger partial charge on any atom is 0.0630 e.